The van der Waals surface area contributed by atoms with Crippen LogP contribution in [0.25, 0.3) is 0 Å². The fourth-order valence-electron chi connectivity index (χ4n) is 2.29. The predicted octanol–water partition coefficient (Wildman–Crippen LogP) is 2.88. The standard InChI is InChI=1S/C20H23NO6/c1-13-5-6-14(2)18(9-13)26-12-20(23)27-11-19(22)21-16-10-15(24-3)7-8-17(16)25-4/h5-10H,11-12H2,1-4H3,(H,21,22). The molecule has 0 saturated carbocycles. The van der Waals surface area contributed by atoms with E-state index in [0.717, 1.165) is 11.1 Å². The van der Waals surface area contributed by atoms with Gasteiger partial charge in [0.2, 0.25) is 0 Å². The third-order valence-corrected chi connectivity index (χ3v) is 3.73. The molecular formula is C20H23NO6. The van der Waals surface area contributed by atoms with E-state index in [-0.39, 0.29) is 6.61 Å². The number of aryl methyl sites for hydroxylation is 2. The Kier molecular flexibility index (Phi) is 7.05. The van der Waals surface area contributed by atoms with Crippen LogP contribution in [0.2, 0.25) is 0 Å². The molecule has 0 unspecified atom stereocenters. The quantitative estimate of drug-likeness (QED) is 0.717. The van der Waals surface area contributed by atoms with Gasteiger partial charge in [0.05, 0.1) is 19.9 Å². The molecule has 0 bridgehead atoms. The summed E-state index contributed by atoms with van der Waals surface area (Å²) in [6, 6.07) is 10.7. The Balaban J connectivity index is 1.84. The third kappa shape index (κ3) is 5.91. The van der Waals surface area contributed by atoms with Crippen LogP contribution < -0.4 is 19.5 Å². The van der Waals surface area contributed by atoms with E-state index in [0.29, 0.717) is 22.9 Å². The molecule has 2 aromatic carbocycles. The van der Waals surface area contributed by atoms with Gasteiger partial charge in [-0.2, -0.15) is 0 Å². The SMILES string of the molecule is COc1ccc(OC)c(NC(=O)COC(=O)COc2cc(C)ccc2C)c1. The summed E-state index contributed by atoms with van der Waals surface area (Å²) in [7, 11) is 3.01. The average Bonchev–Trinajstić information content (AvgIpc) is 2.67. The number of hydrogen-bond donors (Lipinski definition) is 1. The maximum Gasteiger partial charge on any atom is 0.344 e. The number of anilines is 1. The van der Waals surface area contributed by atoms with Gasteiger partial charge in [-0.25, -0.2) is 4.79 Å². The summed E-state index contributed by atoms with van der Waals surface area (Å²) in [4.78, 5) is 23.9. The van der Waals surface area contributed by atoms with Gasteiger partial charge in [0, 0.05) is 6.07 Å². The number of esters is 1. The van der Waals surface area contributed by atoms with Gasteiger partial charge in [-0.3, -0.25) is 4.79 Å². The Morgan fingerprint density at radius 3 is 2.41 bits per heavy atom. The second-order valence-electron chi connectivity index (χ2n) is 5.83. The Labute approximate surface area is 158 Å². The predicted molar refractivity (Wildman–Crippen MR) is 101 cm³/mol. The lowest BCUT2D eigenvalue weighted by molar-refractivity contribution is -0.149. The molecule has 0 radical (unpaired) electrons. The summed E-state index contributed by atoms with van der Waals surface area (Å²) in [5.41, 5.74) is 2.36. The molecule has 0 aliphatic carbocycles. The molecule has 0 atom stereocenters. The van der Waals surface area contributed by atoms with Crippen LogP contribution in [0.3, 0.4) is 0 Å². The molecular weight excluding hydrogens is 350 g/mol. The normalized spacial score (nSPS) is 10.1. The van der Waals surface area contributed by atoms with Crippen LogP contribution in [0.1, 0.15) is 11.1 Å². The molecule has 1 N–H and O–H groups in total. The van der Waals surface area contributed by atoms with Crippen LogP contribution in [-0.2, 0) is 14.3 Å². The number of nitrogens with one attached hydrogen (secondary N) is 1. The van der Waals surface area contributed by atoms with Crippen LogP contribution >= 0.6 is 0 Å². The van der Waals surface area contributed by atoms with Crippen molar-refractivity contribution in [3.63, 3.8) is 0 Å². The molecule has 1 amide bonds. The molecule has 2 aromatic rings. The van der Waals surface area contributed by atoms with Gasteiger partial charge in [0.15, 0.2) is 13.2 Å². The molecule has 7 heteroatoms. The summed E-state index contributed by atoms with van der Waals surface area (Å²) in [6.45, 7) is 3.10. The summed E-state index contributed by atoms with van der Waals surface area (Å²) < 4.78 is 20.7. The van der Waals surface area contributed by atoms with Crippen molar-refractivity contribution in [1.82, 2.24) is 0 Å². The third-order valence-electron chi connectivity index (χ3n) is 3.73. The largest absolute Gasteiger partial charge is 0.497 e. The highest BCUT2D eigenvalue weighted by Gasteiger charge is 2.12. The first-order valence-electron chi connectivity index (χ1n) is 8.30. The van der Waals surface area contributed by atoms with Crippen LogP contribution in [0.4, 0.5) is 5.69 Å². The van der Waals surface area contributed by atoms with Crippen molar-refractivity contribution in [2.45, 2.75) is 13.8 Å². The molecule has 144 valence electrons. The highest BCUT2D eigenvalue weighted by atomic mass is 16.6. The maximum absolute atomic E-state index is 12.0. The van der Waals surface area contributed by atoms with E-state index < -0.39 is 18.5 Å². The number of ether oxygens (including phenoxy) is 4. The highest BCUT2D eigenvalue weighted by Crippen LogP contribution is 2.28. The molecule has 0 fully saturated rings. The van der Waals surface area contributed by atoms with Gasteiger partial charge in [-0.15, -0.1) is 0 Å². The van der Waals surface area contributed by atoms with E-state index in [1.807, 2.05) is 32.0 Å². The van der Waals surface area contributed by atoms with Gasteiger partial charge in [-0.05, 0) is 43.2 Å². The van der Waals surface area contributed by atoms with Gasteiger partial charge in [0.1, 0.15) is 17.2 Å². The summed E-state index contributed by atoms with van der Waals surface area (Å²) in [6.07, 6.45) is 0. The molecule has 2 rings (SSSR count). The minimum atomic E-state index is -0.635. The smallest absolute Gasteiger partial charge is 0.344 e. The van der Waals surface area contributed by atoms with E-state index in [2.05, 4.69) is 5.32 Å². The molecule has 0 heterocycles. The van der Waals surface area contributed by atoms with E-state index in [4.69, 9.17) is 18.9 Å². The number of benzene rings is 2. The topological polar surface area (TPSA) is 83.1 Å². The van der Waals surface area contributed by atoms with Crippen molar-refractivity contribution in [3.8, 4) is 17.2 Å². The van der Waals surface area contributed by atoms with E-state index >= 15 is 0 Å². The second kappa shape index (κ2) is 9.47. The number of rotatable bonds is 8. The first-order valence-corrected chi connectivity index (χ1v) is 8.30. The molecule has 0 saturated heterocycles. The Bertz CT molecular complexity index is 818. The average molecular weight is 373 g/mol. The molecule has 0 spiro atoms. The zero-order valence-corrected chi connectivity index (χ0v) is 15.8. The lowest BCUT2D eigenvalue weighted by Gasteiger charge is -2.12. The molecule has 27 heavy (non-hydrogen) atoms. The number of carbonyl (C=O) groups excluding carboxylic acids is 2. The van der Waals surface area contributed by atoms with E-state index in [9.17, 15) is 9.59 Å². The number of carbonyl (C=O) groups is 2. The molecule has 7 nitrogen and oxygen atoms in total. The van der Waals surface area contributed by atoms with Crippen LogP contribution in [0.15, 0.2) is 36.4 Å². The van der Waals surface area contributed by atoms with Gasteiger partial charge in [0.25, 0.3) is 5.91 Å². The lowest BCUT2D eigenvalue weighted by Crippen LogP contribution is -2.24. The highest BCUT2D eigenvalue weighted by molar-refractivity contribution is 5.94. The zero-order chi connectivity index (χ0) is 19.8. The van der Waals surface area contributed by atoms with Gasteiger partial charge < -0.3 is 24.3 Å². The molecule has 0 aliphatic rings. The van der Waals surface area contributed by atoms with Crippen molar-refractivity contribution >= 4 is 17.6 Å². The first-order chi connectivity index (χ1) is 12.9. The first kappa shape index (κ1) is 20.1. The van der Waals surface area contributed by atoms with Gasteiger partial charge >= 0.3 is 5.97 Å². The van der Waals surface area contributed by atoms with E-state index in [1.54, 1.807) is 18.2 Å². The number of methoxy groups -OCH3 is 2. The summed E-state index contributed by atoms with van der Waals surface area (Å²) in [5, 5.41) is 2.62. The lowest BCUT2D eigenvalue weighted by atomic mass is 10.1. The van der Waals surface area contributed by atoms with E-state index in [1.165, 1.54) is 14.2 Å². The number of hydrogen-bond acceptors (Lipinski definition) is 6. The minimum Gasteiger partial charge on any atom is -0.497 e. The Morgan fingerprint density at radius 1 is 0.926 bits per heavy atom. The fourth-order valence-corrected chi connectivity index (χ4v) is 2.29. The Hall–Kier alpha value is -3.22. The maximum atomic E-state index is 12.0. The molecule has 0 aromatic heterocycles. The van der Waals surface area contributed by atoms with Crippen LogP contribution in [0.5, 0.6) is 17.2 Å². The van der Waals surface area contributed by atoms with Crippen molar-refractivity contribution in [2.24, 2.45) is 0 Å². The van der Waals surface area contributed by atoms with Crippen molar-refractivity contribution in [2.75, 3.05) is 32.8 Å². The van der Waals surface area contributed by atoms with Crippen LogP contribution in [-0.4, -0.2) is 39.3 Å². The number of amides is 1. The zero-order valence-electron chi connectivity index (χ0n) is 15.8. The van der Waals surface area contributed by atoms with Crippen molar-refractivity contribution in [1.29, 1.82) is 0 Å². The fraction of sp³-hybridized carbons (Fsp3) is 0.300. The second-order valence-corrected chi connectivity index (χ2v) is 5.83. The summed E-state index contributed by atoms with van der Waals surface area (Å²) in [5.74, 6) is 0.501. The minimum absolute atomic E-state index is 0.278. The van der Waals surface area contributed by atoms with Crippen LogP contribution in [0, 0.1) is 13.8 Å². The van der Waals surface area contributed by atoms with Crippen molar-refractivity contribution in [3.05, 3.63) is 47.5 Å². The molecule has 0 aliphatic heterocycles. The van der Waals surface area contributed by atoms with Crippen molar-refractivity contribution < 1.29 is 28.5 Å². The monoisotopic (exact) mass is 373 g/mol. The summed E-state index contributed by atoms with van der Waals surface area (Å²) >= 11 is 0. The van der Waals surface area contributed by atoms with Gasteiger partial charge in [-0.1, -0.05) is 12.1 Å². The Morgan fingerprint density at radius 2 is 1.70 bits per heavy atom.